The molecular formula is C12H20N2O2S. The van der Waals surface area contributed by atoms with Crippen LogP contribution in [0.1, 0.15) is 26.3 Å². The maximum atomic E-state index is 12.1. The molecule has 0 saturated carbocycles. The van der Waals surface area contributed by atoms with Crippen molar-refractivity contribution >= 4 is 15.7 Å². The molecule has 0 spiro atoms. The van der Waals surface area contributed by atoms with E-state index in [-0.39, 0.29) is 0 Å². The Morgan fingerprint density at radius 2 is 1.88 bits per heavy atom. The van der Waals surface area contributed by atoms with Crippen LogP contribution in [0.2, 0.25) is 0 Å². The maximum Gasteiger partial charge on any atom is 0.216 e. The summed E-state index contributed by atoms with van der Waals surface area (Å²) in [6.45, 7) is 6.00. The summed E-state index contributed by atoms with van der Waals surface area (Å²) in [5.41, 5.74) is 7.30. The average Bonchev–Trinajstić information content (AvgIpc) is 2.27. The number of anilines is 1. The fourth-order valence-corrected chi connectivity index (χ4v) is 2.82. The molecule has 2 N–H and O–H groups in total. The van der Waals surface area contributed by atoms with Gasteiger partial charge in [0.05, 0.1) is 5.25 Å². The van der Waals surface area contributed by atoms with Gasteiger partial charge in [-0.2, -0.15) is 4.31 Å². The monoisotopic (exact) mass is 256 g/mol. The number of benzene rings is 1. The van der Waals surface area contributed by atoms with Crippen molar-refractivity contribution in [3.8, 4) is 0 Å². The lowest BCUT2D eigenvalue weighted by Gasteiger charge is -2.23. The summed E-state index contributed by atoms with van der Waals surface area (Å²) in [5, 5.41) is -0.410. The van der Waals surface area contributed by atoms with Gasteiger partial charge in [-0.15, -0.1) is 0 Å². The number of hydrogen-bond donors (Lipinski definition) is 1. The third-order valence-electron chi connectivity index (χ3n) is 2.71. The van der Waals surface area contributed by atoms with Gasteiger partial charge in [0, 0.05) is 18.8 Å². The first-order chi connectivity index (χ1) is 7.89. The van der Waals surface area contributed by atoms with Crippen LogP contribution in [0.15, 0.2) is 24.3 Å². The van der Waals surface area contributed by atoms with Crippen LogP contribution in [0.4, 0.5) is 5.69 Å². The minimum atomic E-state index is -3.23. The number of nitrogens with zero attached hydrogens (tertiary/aromatic N) is 1. The molecule has 0 saturated heterocycles. The molecule has 0 unspecified atom stereocenters. The summed E-state index contributed by atoms with van der Waals surface area (Å²) in [5.74, 6) is 0. The summed E-state index contributed by atoms with van der Waals surface area (Å²) in [7, 11) is -3.23. The van der Waals surface area contributed by atoms with Crippen molar-refractivity contribution in [3.63, 3.8) is 0 Å². The predicted molar refractivity (Wildman–Crippen MR) is 71.0 cm³/mol. The first kappa shape index (κ1) is 14.0. The van der Waals surface area contributed by atoms with E-state index >= 15 is 0 Å². The first-order valence-electron chi connectivity index (χ1n) is 5.72. The smallest absolute Gasteiger partial charge is 0.216 e. The van der Waals surface area contributed by atoms with E-state index in [0.29, 0.717) is 18.8 Å². The Hall–Kier alpha value is -1.07. The summed E-state index contributed by atoms with van der Waals surface area (Å²) in [6.07, 6.45) is 0. The maximum absolute atomic E-state index is 12.1. The van der Waals surface area contributed by atoms with Gasteiger partial charge in [0.15, 0.2) is 0 Å². The van der Waals surface area contributed by atoms with E-state index in [9.17, 15) is 8.42 Å². The lowest BCUT2D eigenvalue weighted by Crippen LogP contribution is -2.35. The molecule has 1 aromatic rings. The molecule has 96 valence electrons. The van der Waals surface area contributed by atoms with E-state index in [1.165, 1.54) is 4.31 Å². The van der Waals surface area contributed by atoms with Crippen molar-refractivity contribution in [3.05, 3.63) is 29.8 Å². The molecule has 0 aliphatic rings. The second-order valence-corrected chi connectivity index (χ2v) is 6.71. The Kier molecular flexibility index (Phi) is 4.54. The van der Waals surface area contributed by atoms with Crippen LogP contribution in [-0.2, 0) is 16.6 Å². The van der Waals surface area contributed by atoms with Crippen molar-refractivity contribution in [1.29, 1.82) is 0 Å². The Bertz CT molecular complexity index is 469. The minimum Gasteiger partial charge on any atom is -0.398 e. The van der Waals surface area contributed by atoms with Crippen LogP contribution in [-0.4, -0.2) is 24.5 Å². The molecule has 1 rings (SSSR count). The average molecular weight is 256 g/mol. The van der Waals surface area contributed by atoms with E-state index in [0.717, 1.165) is 5.56 Å². The molecule has 0 atom stereocenters. The number of rotatable bonds is 5. The summed E-state index contributed by atoms with van der Waals surface area (Å²) >= 11 is 0. The molecule has 17 heavy (non-hydrogen) atoms. The quantitative estimate of drug-likeness (QED) is 0.817. The van der Waals surface area contributed by atoms with E-state index in [1.807, 2.05) is 25.1 Å². The summed E-state index contributed by atoms with van der Waals surface area (Å²) in [4.78, 5) is 0. The van der Waals surface area contributed by atoms with E-state index in [4.69, 9.17) is 5.73 Å². The molecule has 0 aromatic heterocycles. The van der Waals surface area contributed by atoms with Crippen molar-refractivity contribution in [2.24, 2.45) is 0 Å². The normalized spacial score (nSPS) is 12.3. The highest BCUT2D eigenvalue weighted by Crippen LogP contribution is 2.17. The minimum absolute atomic E-state index is 0.337. The van der Waals surface area contributed by atoms with Gasteiger partial charge < -0.3 is 5.73 Å². The van der Waals surface area contributed by atoms with Crippen LogP contribution in [0.25, 0.3) is 0 Å². The van der Waals surface area contributed by atoms with Gasteiger partial charge in [-0.3, -0.25) is 0 Å². The number of nitrogen functional groups attached to an aromatic ring is 1. The number of hydrogen-bond acceptors (Lipinski definition) is 3. The van der Waals surface area contributed by atoms with E-state index in [1.54, 1.807) is 19.9 Å². The zero-order chi connectivity index (χ0) is 13.1. The van der Waals surface area contributed by atoms with Crippen LogP contribution in [0.5, 0.6) is 0 Å². The number of nitrogens with two attached hydrogens (primary N) is 1. The Morgan fingerprint density at radius 3 is 2.35 bits per heavy atom. The lowest BCUT2D eigenvalue weighted by molar-refractivity contribution is 0.418. The van der Waals surface area contributed by atoms with E-state index in [2.05, 4.69) is 0 Å². The van der Waals surface area contributed by atoms with Gasteiger partial charge >= 0.3 is 0 Å². The highest BCUT2D eigenvalue weighted by Gasteiger charge is 2.24. The number of sulfonamides is 1. The second-order valence-electron chi connectivity index (χ2n) is 4.22. The molecule has 0 bridgehead atoms. The van der Waals surface area contributed by atoms with Crippen LogP contribution in [0, 0.1) is 0 Å². The van der Waals surface area contributed by atoms with Crippen molar-refractivity contribution in [1.82, 2.24) is 4.31 Å². The summed E-state index contributed by atoms with van der Waals surface area (Å²) in [6, 6.07) is 7.34. The Morgan fingerprint density at radius 1 is 1.29 bits per heavy atom. The topological polar surface area (TPSA) is 63.4 Å². The largest absolute Gasteiger partial charge is 0.398 e. The SMILES string of the molecule is CCN(Cc1ccccc1N)S(=O)(=O)C(C)C. The number of para-hydroxylation sites is 1. The van der Waals surface area contributed by atoms with Gasteiger partial charge in [-0.25, -0.2) is 8.42 Å². The summed E-state index contributed by atoms with van der Waals surface area (Å²) < 4.78 is 25.6. The molecule has 5 heteroatoms. The van der Waals surface area contributed by atoms with Crippen molar-refractivity contribution in [2.45, 2.75) is 32.6 Å². The van der Waals surface area contributed by atoms with E-state index < -0.39 is 15.3 Å². The fraction of sp³-hybridized carbons (Fsp3) is 0.500. The lowest BCUT2D eigenvalue weighted by atomic mass is 10.2. The molecule has 0 radical (unpaired) electrons. The molecule has 0 aliphatic carbocycles. The molecular weight excluding hydrogens is 236 g/mol. The standard InChI is InChI=1S/C12H20N2O2S/c1-4-14(17(15,16)10(2)3)9-11-7-5-6-8-12(11)13/h5-8,10H,4,9,13H2,1-3H3. The van der Waals surface area contributed by atoms with Gasteiger partial charge in [-0.05, 0) is 25.5 Å². The highest BCUT2D eigenvalue weighted by atomic mass is 32.2. The van der Waals surface area contributed by atoms with Gasteiger partial charge in [0.2, 0.25) is 10.0 Å². The van der Waals surface area contributed by atoms with Crippen LogP contribution < -0.4 is 5.73 Å². The fourth-order valence-electron chi connectivity index (χ4n) is 1.55. The molecule has 0 heterocycles. The Labute approximate surface area is 103 Å². The van der Waals surface area contributed by atoms with Crippen LogP contribution in [0.3, 0.4) is 0 Å². The Balaban J connectivity index is 2.96. The molecule has 0 fully saturated rings. The first-order valence-corrected chi connectivity index (χ1v) is 7.22. The predicted octanol–water partition coefficient (Wildman–Crippen LogP) is 1.83. The van der Waals surface area contributed by atoms with Gasteiger partial charge in [-0.1, -0.05) is 25.1 Å². The highest BCUT2D eigenvalue weighted by molar-refractivity contribution is 7.89. The second kappa shape index (κ2) is 5.51. The third-order valence-corrected chi connectivity index (χ3v) is 5.01. The van der Waals surface area contributed by atoms with Crippen molar-refractivity contribution in [2.75, 3.05) is 12.3 Å². The zero-order valence-electron chi connectivity index (χ0n) is 10.6. The van der Waals surface area contributed by atoms with Gasteiger partial charge in [0.1, 0.15) is 0 Å². The van der Waals surface area contributed by atoms with Crippen molar-refractivity contribution < 1.29 is 8.42 Å². The van der Waals surface area contributed by atoms with Gasteiger partial charge in [0.25, 0.3) is 0 Å². The zero-order valence-corrected chi connectivity index (χ0v) is 11.4. The van der Waals surface area contributed by atoms with Crippen LogP contribution >= 0.6 is 0 Å². The molecule has 4 nitrogen and oxygen atoms in total. The third kappa shape index (κ3) is 3.20. The molecule has 1 aromatic carbocycles. The molecule has 0 aliphatic heterocycles. The molecule has 0 amide bonds.